The molecule has 0 aliphatic heterocycles. The Morgan fingerprint density at radius 2 is 1.71 bits per heavy atom. The minimum atomic E-state index is -4.93. The molecule has 1 saturated carbocycles. The maximum atomic E-state index is 15.7. The van der Waals surface area contributed by atoms with Crippen molar-refractivity contribution in [1.82, 2.24) is 24.8 Å². The minimum Gasteiger partial charge on any atom is -0.598 e. The van der Waals surface area contributed by atoms with Gasteiger partial charge < -0.3 is 19.9 Å². The molecule has 1 fully saturated rings. The number of amides is 2. The number of hydrogen-bond acceptors (Lipinski definition) is 8. The van der Waals surface area contributed by atoms with E-state index in [-0.39, 0.29) is 23.6 Å². The molecular formula is C39H43F4N7O4S. The second kappa shape index (κ2) is 16.0. The number of aromatic nitrogens is 3. The van der Waals surface area contributed by atoms with E-state index in [1.807, 2.05) is 6.07 Å². The molecule has 4 aromatic rings. The van der Waals surface area contributed by atoms with Gasteiger partial charge in [-0.1, -0.05) is 37.1 Å². The van der Waals surface area contributed by atoms with E-state index < -0.39 is 62.6 Å². The summed E-state index contributed by atoms with van der Waals surface area (Å²) in [4.78, 5) is 30.7. The van der Waals surface area contributed by atoms with Crippen molar-refractivity contribution >= 4 is 29.0 Å². The first-order chi connectivity index (χ1) is 25.7. The van der Waals surface area contributed by atoms with Gasteiger partial charge in [0.1, 0.15) is 39.2 Å². The molecular weight excluding hydrogens is 739 g/mol. The summed E-state index contributed by atoms with van der Waals surface area (Å²) in [6.45, 7) is 10.4. The first kappa shape index (κ1) is 41.2. The number of alkyl halides is 3. The second-order valence-electron chi connectivity index (χ2n) is 15.4. The molecule has 2 aromatic carbocycles. The van der Waals surface area contributed by atoms with Crippen molar-refractivity contribution < 1.29 is 36.4 Å². The first-order valence-electron chi connectivity index (χ1n) is 17.6. The summed E-state index contributed by atoms with van der Waals surface area (Å²) in [5.41, 5.74) is -3.02. The van der Waals surface area contributed by atoms with Gasteiger partial charge in [-0.2, -0.15) is 23.5 Å². The van der Waals surface area contributed by atoms with Crippen molar-refractivity contribution in [3.63, 3.8) is 0 Å². The number of alkyl carbamates (subject to hydrolysis) is 1. The number of ether oxygens (including phenoxy) is 1. The molecule has 292 valence electrons. The van der Waals surface area contributed by atoms with E-state index in [1.54, 1.807) is 59.7 Å². The third-order valence-corrected chi connectivity index (χ3v) is 10.3. The van der Waals surface area contributed by atoms with Gasteiger partial charge in [0.2, 0.25) is 0 Å². The van der Waals surface area contributed by atoms with Gasteiger partial charge in [-0.25, -0.2) is 18.9 Å². The maximum Gasteiger partial charge on any atom is 0.435 e. The van der Waals surface area contributed by atoms with Crippen LogP contribution in [0.4, 0.5) is 28.0 Å². The van der Waals surface area contributed by atoms with Crippen LogP contribution < -0.4 is 15.4 Å². The molecule has 5 rings (SSSR count). The van der Waals surface area contributed by atoms with E-state index in [4.69, 9.17) is 4.74 Å². The summed E-state index contributed by atoms with van der Waals surface area (Å²) in [5, 5.41) is 18.4. The smallest absolute Gasteiger partial charge is 0.435 e. The van der Waals surface area contributed by atoms with Crippen LogP contribution in [0.2, 0.25) is 0 Å². The Bertz CT molecular complexity index is 2080. The molecule has 0 saturated heterocycles. The molecule has 1 aliphatic carbocycles. The lowest BCUT2D eigenvalue weighted by Crippen LogP contribution is -2.52. The van der Waals surface area contributed by atoms with Crippen molar-refractivity contribution in [2.75, 3.05) is 5.32 Å². The SMILES string of the molecule is CC(C)(C)OC(=O)NCc1cccc(-n2nc(C(F)(F)F)cc2C(=O)Nc2cc(C(CCC3CC3)(N[S+]([O-])C(C)(C)C)c3cccc(C#N)n3)ccc2F)c1. The summed E-state index contributed by atoms with van der Waals surface area (Å²) < 4.78 is 80.0. The van der Waals surface area contributed by atoms with Crippen LogP contribution in [0.1, 0.15) is 106 Å². The molecule has 1 aliphatic rings. The average Bonchev–Trinajstić information content (AvgIpc) is 3.82. The summed E-state index contributed by atoms with van der Waals surface area (Å²) in [6.07, 6.45) is -2.59. The molecule has 2 unspecified atom stereocenters. The van der Waals surface area contributed by atoms with E-state index in [9.17, 15) is 32.6 Å². The number of halogens is 4. The highest BCUT2D eigenvalue weighted by molar-refractivity contribution is 7.90. The monoisotopic (exact) mass is 781 g/mol. The number of nitriles is 1. The summed E-state index contributed by atoms with van der Waals surface area (Å²) in [5.74, 6) is -1.59. The standard InChI is InChI=1S/C39H43F4N7O4S/c1-36(2,3)54-35(52)45-23-25-9-7-11-28(19-25)50-31(21-33(48-50)39(41,42)43)34(51)47-30-20-26(15-16-29(30)40)38(18-17-24-13-14-24,49-55(53)37(4,5)6)32-12-8-10-27(22-44)46-32/h7-12,15-16,19-21,24,49H,13-14,17-18,23H2,1-6H3,(H,45,52)(H,47,51). The van der Waals surface area contributed by atoms with Crippen molar-refractivity contribution in [3.05, 3.63) is 106 Å². The highest BCUT2D eigenvalue weighted by atomic mass is 32.2. The average molecular weight is 782 g/mol. The predicted molar refractivity (Wildman–Crippen MR) is 199 cm³/mol. The number of hydrogen-bond donors (Lipinski definition) is 3. The fourth-order valence-corrected chi connectivity index (χ4v) is 6.64. The van der Waals surface area contributed by atoms with Crippen LogP contribution in [0, 0.1) is 23.1 Å². The van der Waals surface area contributed by atoms with Crippen molar-refractivity contribution in [3.8, 4) is 11.8 Å². The highest BCUT2D eigenvalue weighted by Crippen LogP contribution is 2.43. The Labute approximate surface area is 320 Å². The van der Waals surface area contributed by atoms with Crippen LogP contribution in [-0.4, -0.2) is 41.7 Å². The first-order valence-corrected chi connectivity index (χ1v) is 18.8. The van der Waals surface area contributed by atoms with Gasteiger partial charge in [0.15, 0.2) is 5.69 Å². The molecule has 2 atom stereocenters. The van der Waals surface area contributed by atoms with E-state index in [0.29, 0.717) is 41.6 Å². The van der Waals surface area contributed by atoms with Gasteiger partial charge in [0.05, 0.1) is 17.1 Å². The van der Waals surface area contributed by atoms with E-state index >= 15 is 4.39 Å². The third kappa shape index (κ3) is 10.4. The molecule has 0 bridgehead atoms. The topological polar surface area (TPSA) is 157 Å². The summed E-state index contributed by atoms with van der Waals surface area (Å²) >= 11 is -1.71. The zero-order valence-electron chi connectivity index (χ0n) is 31.3. The van der Waals surface area contributed by atoms with Gasteiger partial charge in [0.25, 0.3) is 5.91 Å². The number of nitrogens with zero attached hydrogens (tertiary/aromatic N) is 4. The molecule has 11 nitrogen and oxygen atoms in total. The molecule has 0 radical (unpaired) electrons. The Kier molecular flexibility index (Phi) is 12.0. The van der Waals surface area contributed by atoms with Crippen LogP contribution in [0.5, 0.6) is 0 Å². The lowest BCUT2D eigenvalue weighted by molar-refractivity contribution is -0.141. The van der Waals surface area contributed by atoms with Gasteiger partial charge in [-0.15, -0.1) is 4.72 Å². The zero-order valence-corrected chi connectivity index (χ0v) is 32.1. The second-order valence-corrected chi connectivity index (χ2v) is 17.4. The summed E-state index contributed by atoms with van der Waals surface area (Å²) in [6, 6.07) is 17.4. The van der Waals surface area contributed by atoms with Crippen LogP contribution in [0.15, 0.2) is 66.7 Å². The fraction of sp³-hybridized carbons (Fsp3) is 0.410. The largest absolute Gasteiger partial charge is 0.598 e. The van der Waals surface area contributed by atoms with Crippen LogP contribution in [0.3, 0.4) is 0 Å². The van der Waals surface area contributed by atoms with Gasteiger partial charge in [-0.05, 0) is 108 Å². The minimum absolute atomic E-state index is 0.0433. The van der Waals surface area contributed by atoms with Crippen molar-refractivity contribution in [1.29, 1.82) is 5.26 Å². The van der Waals surface area contributed by atoms with E-state index in [2.05, 4.69) is 25.4 Å². The predicted octanol–water partition coefficient (Wildman–Crippen LogP) is 8.06. The van der Waals surface area contributed by atoms with Crippen molar-refractivity contribution in [2.24, 2.45) is 5.92 Å². The molecule has 2 aromatic heterocycles. The van der Waals surface area contributed by atoms with Gasteiger partial charge in [0, 0.05) is 24.0 Å². The number of carbonyl (C=O) groups is 2. The molecule has 16 heteroatoms. The quantitative estimate of drug-likeness (QED) is 0.0963. The lowest BCUT2D eigenvalue weighted by atomic mass is 9.82. The van der Waals surface area contributed by atoms with E-state index in [1.165, 1.54) is 36.4 Å². The number of nitrogens with one attached hydrogen (secondary N) is 3. The van der Waals surface area contributed by atoms with Crippen molar-refractivity contribution in [2.45, 2.75) is 95.8 Å². The fourth-order valence-electron chi connectivity index (χ4n) is 5.69. The molecule has 2 heterocycles. The van der Waals surface area contributed by atoms with Crippen LogP contribution in [-0.2, 0) is 34.4 Å². The molecule has 3 N–H and O–H groups in total. The Balaban J connectivity index is 1.54. The normalized spacial score (nSPS) is 15.1. The number of anilines is 1. The molecule has 2 amide bonds. The number of carbonyl (C=O) groups excluding carboxylic acids is 2. The van der Waals surface area contributed by atoms with Gasteiger partial charge >= 0.3 is 12.3 Å². The Hall–Kier alpha value is -4.98. The number of rotatable bonds is 12. The number of pyridine rings is 1. The zero-order chi connectivity index (χ0) is 40.3. The number of benzene rings is 2. The third-order valence-electron chi connectivity index (χ3n) is 8.68. The maximum absolute atomic E-state index is 15.7. The summed E-state index contributed by atoms with van der Waals surface area (Å²) in [7, 11) is 0. The van der Waals surface area contributed by atoms with Crippen LogP contribution >= 0.6 is 0 Å². The Morgan fingerprint density at radius 1 is 1.00 bits per heavy atom. The van der Waals surface area contributed by atoms with E-state index in [0.717, 1.165) is 23.6 Å². The van der Waals surface area contributed by atoms with Gasteiger partial charge in [-0.3, -0.25) is 4.79 Å². The lowest BCUT2D eigenvalue weighted by Gasteiger charge is -2.38. The Morgan fingerprint density at radius 3 is 2.35 bits per heavy atom. The highest BCUT2D eigenvalue weighted by Gasteiger charge is 2.45. The molecule has 55 heavy (non-hydrogen) atoms. The molecule has 0 spiro atoms. The van der Waals surface area contributed by atoms with Crippen LogP contribution in [0.25, 0.3) is 5.69 Å².